The maximum absolute atomic E-state index is 12.6. The zero-order chi connectivity index (χ0) is 14.7. The molecule has 0 aliphatic carbocycles. The smallest absolute Gasteiger partial charge is 0.192 e. The summed E-state index contributed by atoms with van der Waals surface area (Å²) in [7, 11) is 1.57. The number of amidine groups is 1. The topological polar surface area (TPSA) is 50.7 Å². The summed E-state index contributed by atoms with van der Waals surface area (Å²) in [6.45, 7) is 0.515. The number of ether oxygens (including phenoxy) is 1. The Labute approximate surface area is 123 Å². The molecule has 4 nitrogen and oxygen atoms in total. The summed E-state index contributed by atoms with van der Waals surface area (Å²) in [4.78, 5) is 17.1. The molecule has 1 aliphatic heterocycles. The number of Topliss-reactive ketones (excluding diaryl/α,β-unsaturated/α-hetero) is 1. The number of rotatable bonds is 4. The van der Waals surface area contributed by atoms with Gasteiger partial charge in [-0.05, 0) is 12.1 Å². The van der Waals surface area contributed by atoms with Crippen LogP contribution in [0.3, 0.4) is 0 Å². The first-order chi connectivity index (χ1) is 10.3. The number of methoxy groups -OCH3 is 1. The number of para-hydroxylation sites is 1. The van der Waals surface area contributed by atoms with E-state index in [9.17, 15) is 4.79 Å². The number of ketones is 1. The summed E-state index contributed by atoms with van der Waals surface area (Å²) < 4.78 is 5.25. The molecular formula is C17H16N2O2. The fourth-order valence-corrected chi connectivity index (χ4v) is 2.39. The minimum atomic E-state index is -0.406. The Morgan fingerprint density at radius 1 is 1.14 bits per heavy atom. The Balaban J connectivity index is 1.85. The van der Waals surface area contributed by atoms with E-state index in [0.29, 0.717) is 17.9 Å². The van der Waals surface area contributed by atoms with Gasteiger partial charge in [0.05, 0.1) is 12.7 Å². The molecule has 106 valence electrons. The fourth-order valence-electron chi connectivity index (χ4n) is 2.39. The Bertz CT molecular complexity index is 680. The Morgan fingerprint density at radius 3 is 2.62 bits per heavy atom. The molecule has 0 saturated carbocycles. The average Bonchev–Trinajstić information content (AvgIpc) is 3.05. The molecule has 4 heteroatoms. The lowest BCUT2D eigenvalue weighted by Gasteiger charge is -2.09. The van der Waals surface area contributed by atoms with Gasteiger partial charge in [-0.15, -0.1) is 0 Å². The highest BCUT2D eigenvalue weighted by molar-refractivity contribution is 6.08. The highest BCUT2D eigenvalue weighted by Crippen LogP contribution is 2.21. The van der Waals surface area contributed by atoms with Crippen molar-refractivity contribution in [2.45, 2.75) is 6.04 Å². The molecule has 1 aliphatic rings. The van der Waals surface area contributed by atoms with Crippen LogP contribution in [0, 0.1) is 0 Å². The molecule has 0 aromatic heterocycles. The molecule has 3 rings (SSSR count). The van der Waals surface area contributed by atoms with Gasteiger partial charge in [0.1, 0.15) is 17.6 Å². The Kier molecular flexibility index (Phi) is 3.69. The molecule has 0 amide bonds. The van der Waals surface area contributed by atoms with Crippen molar-refractivity contribution in [2.75, 3.05) is 13.7 Å². The molecule has 2 aromatic carbocycles. The van der Waals surface area contributed by atoms with Crippen LogP contribution >= 0.6 is 0 Å². The quantitative estimate of drug-likeness (QED) is 0.874. The number of carbonyl (C=O) groups excluding carboxylic acids is 1. The number of carbonyl (C=O) groups is 1. The summed E-state index contributed by atoms with van der Waals surface area (Å²) in [5.41, 5.74) is 1.57. The lowest BCUT2D eigenvalue weighted by atomic mass is 10.0. The van der Waals surface area contributed by atoms with Gasteiger partial charge >= 0.3 is 0 Å². The van der Waals surface area contributed by atoms with Gasteiger partial charge in [-0.3, -0.25) is 9.79 Å². The molecule has 1 heterocycles. The largest absolute Gasteiger partial charge is 0.496 e. The molecule has 2 aromatic rings. The van der Waals surface area contributed by atoms with Crippen LogP contribution in [-0.4, -0.2) is 31.3 Å². The lowest BCUT2D eigenvalue weighted by Crippen LogP contribution is -2.26. The van der Waals surface area contributed by atoms with Crippen LogP contribution in [-0.2, 0) is 0 Å². The molecule has 21 heavy (non-hydrogen) atoms. The van der Waals surface area contributed by atoms with E-state index in [1.54, 1.807) is 19.2 Å². The monoisotopic (exact) mass is 280 g/mol. The van der Waals surface area contributed by atoms with Gasteiger partial charge in [-0.25, -0.2) is 0 Å². The van der Waals surface area contributed by atoms with Crippen molar-refractivity contribution in [1.29, 1.82) is 0 Å². The van der Waals surface area contributed by atoms with Gasteiger partial charge in [0.2, 0.25) is 0 Å². The fraction of sp³-hybridized carbons (Fsp3) is 0.176. The van der Waals surface area contributed by atoms with Crippen molar-refractivity contribution < 1.29 is 9.53 Å². The number of aliphatic imine (C=N–C) groups is 1. The van der Waals surface area contributed by atoms with Gasteiger partial charge in [0, 0.05) is 12.1 Å². The molecular weight excluding hydrogens is 264 g/mol. The summed E-state index contributed by atoms with van der Waals surface area (Å²) in [6, 6.07) is 16.6. The summed E-state index contributed by atoms with van der Waals surface area (Å²) in [5.74, 6) is 1.33. The molecule has 0 saturated heterocycles. The van der Waals surface area contributed by atoms with E-state index in [0.717, 1.165) is 11.4 Å². The zero-order valence-electron chi connectivity index (χ0n) is 11.7. The third kappa shape index (κ3) is 2.65. The van der Waals surface area contributed by atoms with Gasteiger partial charge < -0.3 is 10.1 Å². The molecule has 0 spiro atoms. The van der Waals surface area contributed by atoms with E-state index in [1.807, 2.05) is 42.5 Å². The van der Waals surface area contributed by atoms with E-state index in [2.05, 4.69) is 10.3 Å². The highest BCUT2D eigenvalue weighted by atomic mass is 16.5. The van der Waals surface area contributed by atoms with E-state index in [1.165, 1.54) is 0 Å². The third-order valence-electron chi connectivity index (χ3n) is 3.47. The summed E-state index contributed by atoms with van der Waals surface area (Å²) >= 11 is 0. The highest BCUT2D eigenvalue weighted by Gasteiger charge is 2.27. The van der Waals surface area contributed by atoms with Crippen molar-refractivity contribution in [2.24, 2.45) is 4.99 Å². The number of nitrogens with zero attached hydrogens (tertiary/aromatic N) is 1. The van der Waals surface area contributed by atoms with Gasteiger partial charge in [0.25, 0.3) is 0 Å². The van der Waals surface area contributed by atoms with Crippen LogP contribution in [0.5, 0.6) is 5.75 Å². The molecule has 1 N–H and O–H groups in total. The first-order valence-electron chi connectivity index (χ1n) is 6.84. The minimum absolute atomic E-state index is 0.0223. The van der Waals surface area contributed by atoms with Crippen molar-refractivity contribution >= 4 is 11.6 Å². The van der Waals surface area contributed by atoms with Crippen molar-refractivity contribution in [3.8, 4) is 5.75 Å². The maximum Gasteiger partial charge on any atom is 0.192 e. The third-order valence-corrected chi connectivity index (χ3v) is 3.47. The summed E-state index contributed by atoms with van der Waals surface area (Å²) in [6.07, 6.45) is 0. The van der Waals surface area contributed by atoms with Gasteiger partial charge in [-0.2, -0.15) is 0 Å². The lowest BCUT2D eigenvalue weighted by molar-refractivity contribution is 0.0964. The second kappa shape index (κ2) is 5.79. The second-order valence-corrected chi connectivity index (χ2v) is 4.80. The Hall–Kier alpha value is -2.62. The first kappa shape index (κ1) is 13.4. The van der Waals surface area contributed by atoms with Crippen LogP contribution in [0.4, 0.5) is 0 Å². The van der Waals surface area contributed by atoms with E-state index in [4.69, 9.17) is 4.74 Å². The van der Waals surface area contributed by atoms with Crippen LogP contribution in [0.25, 0.3) is 0 Å². The predicted molar refractivity (Wildman–Crippen MR) is 82.1 cm³/mol. The van der Waals surface area contributed by atoms with Crippen LogP contribution < -0.4 is 10.1 Å². The number of nitrogens with one attached hydrogen (secondary N) is 1. The zero-order valence-corrected chi connectivity index (χ0v) is 11.7. The molecule has 0 bridgehead atoms. The number of hydrogen-bond donors (Lipinski definition) is 1. The number of benzene rings is 2. The minimum Gasteiger partial charge on any atom is -0.496 e. The van der Waals surface area contributed by atoms with Crippen molar-refractivity contribution in [3.05, 3.63) is 65.7 Å². The normalized spacial score (nSPS) is 17.0. The SMILES string of the molecule is COc1ccccc1C(=O)C1CNC(c2ccccc2)=N1. The summed E-state index contributed by atoms with van der Waals surface area (Å²) in [5, 5.41) is 3.20. The molecule has 1 unspecified atom stereocenters. The van der Waals surface area contributed by atoms with Gasteiger partial charge in [-0.1, -0.05) is 42.5 Å². The second-order valence-electron chi connectivity index (χ2n) is 4.80. The molecule has 0 radical (unpaired) electrons. The van der Waals surface area contributed by atoms with Crippen molar-refractivity contribution in [1.82, 2.24) is 5.32 Å². The molecule has 1 atom stereocenters. The van der Waals surface area contributed by atoms with Gasteiger partial charge in [0.15, 0.2) is 5.78 Å². The standard InChI is InChI=1S/C17H16N2O2/c1-21-15-10-6-5-9-13(15)16(20)14-11-18-17(19-14)12-7-3-2-4-8-12/h2-10,14H,11H2,1H3,(H,18,19). The van der Waals surface area contributed by atoms with E-state index >= 15 is 0 Å². The number of hydrogen-bond acceptors (Lipinski definition) is 4. The average molecular weight is 280 g/mol. The van der Waals surface area contributed by atoms with Crippen LogP contribution in [0.2, 0.25) is 0 Å². The Morgan fingerprint density at radius 2 is 1.86 bits per heavy atom. The maximum atomic E-state index is 12.6. The van der Waals surface area contributed by atoms with Crippen LogP contribution in [0.15, 0.2) is 59.6 Å². The van der Waals surface area contributed by atoms with E-state index in [-0.39, 0.29) is 5.78 Å². The van der Waals surface area contributed by atoms with Crippen molar-refractivity contribution in [3.63, 3.8) is 0 Å². The predicted octanol–water partition coefficient (Wildman–Crippen LogP) is 2.30. The first-order valence-corrected chi connectivity index (χ1v) is 6.84. The van der Waals surface area contributed by atoms with Crippen LogP contribution in [0.1, 0.15) is 15.9 Å². The molecule has 0 fully saturated rings. The van der Waals surface area contributed by atoms with E-state index < -0.39 is 6.04 Å².